The molecule has 0 spiro atoms. The van der Waals surface area contributed by atoms with E-state index in [4.69, 9.17) is 4.74 Å². The van der Waals surface area contributed by atoms with Gasteiger partial charge >= 0.3 is 5.97 Å². The van der Waals surface area contributed by atoms with E-state index in [2.05, 4.69) is 15.9 Å². The van der Waals surface area contributed by atoms with Crippen molar-refractivity contribution in [2.75, 3.05) is 0 Å². The lowest BCUT2D eigenvalue weighted by molar-refractivity contribution is -0.156. The van der Waals surface area contributed by atoms with Crippen LogP contribution >= 0.6 is 27.3 Å². The van der Waals surface area contributed by atoms with E-state index in [-0.39, 0.29) is 11.9 Å². The second kappa shape index (κ2) is 4.66. The molecule has 4 heteroatoms. The second-order valence-electron chi connectivity index (χ2n) is 4.39. The standard InChI is InChI=1S/C11H15BrO2S/c1-7(9-8(12)5-6-15-9)10(13)14-11(2,3)4/h5-7H,1-4H3. The summed E-state index contributed by atoms with van der Waals surface area (Å²) >= 11 is 4.98. The largest absolute Gasteiger partial charge is 0.459 e. The molecule has 1 rings (SSSR count). The highest BCUT2D eigenvalue weighted by Crippen LogP contribution is 2.31. The van der Waals surface area contributed by atoms with Gasteiger partial charge in [-0.2, -0.15) is 0 Å². The van der Waals surface area contributed by atoms with Crippen molar-refractivity contribution < 1.29 is 9.53 Å². The SMILES string of the molecule is CC(C(=O)OC(C)(C)C)c1sccc1Br. The molecule has 0 saturated carbocycles. The summed E-state index contributed by atoms with van der Waals surface area (Å²) in [5.74, 6) is -0.385. The number of hydrogen-bond acceptors (Lipinski definition) is 3. The summed E-state index contributed by atoms with van der Waals surface area (Å²) in [5, 5.41) is 1.96. The quantitative estimate of drug-likeness (QED) is 0.771. The zero-order valence-electron chi connectivity index (χ0n) is 9.33. The lowest BCUT2D eigenvalue weighted by Gasteiger charge is -2.22. The number of ether oxygens (including phenoxy) is 1. The van der Waals surface area contributed by atoms with Crippen molar-refractivity contribution in [1.82, 2.24) is 0 Å². The predicted molar refractivity (Wildman–Crippen MR) is 66.3 cm³/mol. The molecule has 84 valence electrons. The van der Waals surface area contributed by atoms with Crippen LogP contribution in [0.3, 0.4) is 0 Å². The molecule has 0 fully saturated rings. The summed E-state index contributed by atoms with van der Waals surface area (Å²) in [4.78, 5) is 12.8. The molecule has 1 atom stereocenters. The number of carbonyl (C=O) groups excluding carboxylic acids is 1. The molecule has 0 amide bonds. The first kappa shape index (κ1) is 12.7. The van der Waals surface area contributed by atoms with Crippen LogP contribution in [0.4, 0.5) is 0 Å². The van der Waals surface area contributed by atoms with Crippen molar-refractivity contribution in [3.05, 3.63) is 20.8 Å². The molecule has 1 heterocycles. The smallest absolute Gasteiger partial charge is 0.314 e. The normalized spacial score (nSPS) is 13.7. The van der Waals surface area contributed by atoms with Crippen LogP contribution in [0.25, 0.3) is 0 Å². The van der Waals surface area contributed by atoms with Gasteiger partial charge in [0.2, 0.25) is 0 Å². The number of thiophene rings is 1. The van der Waals surface area contributed by atoms with Crippen LogP contribution < -0.4 is 0 Å². The maximum atomic E-state index is 11.8. The lowest BCUT2D eigenvalue weighted by Crippen LogP contribution is -2.26. The predicted octanol–water partition coefficient (Wildman–Crippen LogP) is 3.96. The van der Waals surface area contributed by atoms with Crippen LogP contribution in [0.5, 0.6) is 0 Å². The van der Waals surface area contributed by atoms with E-state index < -0.39 is 5.60 Å². The summed E-state index contributed by atoms with van der Waals surface area (Å²) in [5.41, 5.74) is -0.422. The van der Waals surface area contributed by atoms with Gasteiger partial charge in [-0.05, 0) is 55.1 Å². The maximum Gasteiger partial charge on any atom is 0.314 e. The van der Waals surface area contributed by atoms with Crippen LogP contribution in [0.15, 0.2) is 15.9 Å². The Kier molecular flexibility index (Phi) is 3.95. The topological polar surface area (TPSA) is 26.3 Å². The van der Waals surface area contributed by atoms with Gasteiger partial charge in [0, 0.05) is 9.35 Å². The van der Waals surface area contributed by atoms with Crippen LogP contribution in [0.2, 0.25) is 0 Å². The van der Waals surface area contributed by atoms with Crippen LogP contribution in [-0.2, 0) is 9.53 Å². The number of halogens is 1. The lowest BCUT2D eigenvalue weighted by atomic mass is 10.1. The molecular formula is C11H15BrO2S. The van der Waals surface area contributed by atoms with Gasteiger partial charge in [-0.25, -0.2) is 0 Å². The van der Waals surface area contributed by atoms with Crippen molar-refractivity contribution in [3.63, 3.8) is 0 Å². The van der Waals surface area contributed by atoms with Gasteiger partial charge in [0.05, 0.1) is 5.92 Å². The molecule has 0 aliphatic rings. The Balaban J connectivity index is 2.74. The highest BCUT2D eigenvalue weighted by Gasteiger charge is 2.24. The minimum atomic E-state index is -0.422. The summed E-state index contributed by atoms with van der Waals surface area (Å²) in [7, 11) is 0. The Hall–Kier alpha value is -0.350. The summed E-state index contributed by atoms with van der Waals surface area (Å²) in [6.45, 7) is 7.49. The minimum absolute atomic E-state index is 0.175. The first-order valence-electron chi connectivity index (χ1n) is 4.77. The Morgan fingerprint density at radius 2 is 2.13 bits per heavy atom. The number of rotatable bonds is 2. The minimum Gasteiger partial charge on any atom is -0.459 e. The third-order valence-corrected chi connectivity index (χ3v) is 3.85. The van der Waals surface area contributed by atoms with Gasteiger partial charge in [0.15, 0.2) is 0 Å². The molecule has 2 nitrogen and oxygen atoms in total. The van der Waals surface area contributed by atoms with Gasteiger partial charge in [-0.1, -0.05) is 0 Å². The molecule has 0 saturated heterocycles. The number of esters is 1. The average molecular weight is 291 g/mol. The molecule has 0 N–H and O–H groups in total. The van der Waals surface area contributed by atoms with Gasteiger partial charge < -0.3 is 4.74 Å². The van der Waals surface area contributed by atoms with Crippen molar-refractivity contribution >= 4 is 33.2 Å². The fourth-order valence-corrected chi connectivity index (χ4v) is 2.87. The van der Waals surface area contributed by atoms with Gasteiger partial charge in [0.25, 0.3) is 0 Å². The first-order valence-corrected chi connectivity index (χ1v) is 6.44. The van der Waals surface area contributed by atoms with Crippen molar-refractivity contribution in [2.45, 2.75) is 39.2 Å². The Morgan fingerprint density at radius 3 is 2.53 bits per heavy atom. The van der Waals surface area contributed by atoms with Crippen molar-refractivity contribution in [3.8, 4) is 0 Å². The van der Waals surface area contributed by atoms with Gasteiger partial charge in [0.1, 0.15) is 5.60 Å². The molecule has 0 aliphatic carbocycles. The molecule has 0 aromatic carbocycles. The zero-order valence-corrected chi connectivity index (χ0v) is 11.7. The third-order valence-electron chi connectivity index (χ3n) is 1.80. The molecule has 0 radical (unpaired) electrons. The second-order valence-corrected chi connectivity index (χ2v) is 6.19. The van der Waals surface area contributed by atoms with E-state index in [1.54, 1.807) is 11.3 Å². The summed E-state index contributed by atoms with van der Waals surface area (Å²) in [6.07, 6.45) is 0. The molecule has 1 aromatic rings. The van der Waals surface area contributed by atoms with E-state index in [0.717, 1.165) is 9.35 Å². The van der Waals surface area contributed by atoms with E-state index in [9.17, 15) is 4.79 Å². The van der Waals surface area contributed by atoms with Gasteiger partial charge in [-0.15, -0.1) is 11.3 Å². The molecular weight excluding hydrogens is 276 g/mol. The van der Waals surface area contributed by atoms with E-state index in [1.807, 2.05) is 39.1 Å². The molecule has 0 aliphatic heterocycles. The fourth-order valence-electron chi connectivity index (χ4n) is 1.11. The Bertz CT molecular complexity index is 352. The van der Waals surface area contributed by atoms with E-state index >= 15 is 0 Å². The molecule has 1 unspecified atom stereocenters. The zero-order chi connectivity index (χ0) is 11.6. The van der Waals surface area contributed by atoms with Crippen molar-refractivity contribution in [2.24, 2.45) is 0 Å². The Morgan fingerprint density at radius 1 is 1.53 bits per heavy atom. The number of carbonyl (C=O) groups is 1. The van der Waals surface area contributed by atoms with E-state index in [0.29, 0.717) is 0 Å². The Labute approximate surface area is 103 Å². The van der Waals surface area contributed by atoms with Gasteiger partial charge in [-0.3, -0.25) is 4.79 Å². The van der Waals surface area contributed by atoms with Crippen LogP contribution in [-0.4, -0.2) is 11.6 Å². The first-order chi connectivity index (χ1) is 6.81. The fraction of sp³-hybridized carbons (Fsp3) is 0.545. The summed E-state index contributed by atoms with van der Waals surface area (Å²) < 4.78 is 6.30. The monoisotopic (exact) mass is 290 g/mol. The molecule has 0 bridgehead atoms. The number of hydrogen-bond donors (Lipinski definition) is 0. The highest BCUT2D eigenvalue weighted by molar-refractivity contribution is 9.10. The van der Waals surface area contributed by atoms with Crippen LogP contribution in [0, 0.1) is 0 Å². The molecule has 15 heavy (non-hydrogen) atoms. The average Bonchev–Trinajstić information content (AvgIpc) is 2.47. The van der Waals surface area contributed by atoms with Crippen LogP contribution in [0.1, 0.15) is 38.5 Å². The molecule has 1 aromatic heterocycles. The summed E-state index contributed by atoms with van der Waals surface area (Å²) in [6, 6.07) is 1.95. The van der Waals surface area contributed by atoms with E-state index in [1.165, 1.54) is 0 Å². The third kappa shape index (κ3) is 3.61. The highest BCUT2D eigenvalue weighted by atomic mass is 79.9. The maximum absolute atomic E-state index is 11.8. The van der Waals surface area contributed by atoms with Crippen molar-refractivity contribution in [1.29, 1.82) is 0 Å².